The van der Waals surface area contributed by atoms with Gasteiger partial charge in [0.25, 0.3) is 0 Å². The van der Waals surface area contributed by atoms with E-state index in [9.17, 15) is 4.79 Å². The summed E-state index contributed by atoms with van der Waals surface area (Å²) in [4.78, 5) is 11.5. The molecule has 0 unspecified atom stereocenters. The first kappa shape index (κ1) is 7.92. The molecule has 2 heteroatoms. The maximum Gasteiger partial charge on any atom is 0.211 e. The Kier molecular flexibility index (Phi) is 1.81. The molecule has 0 bridgehead atoms. The summed E-state index contributed by atoms with van der Waals surface area (Å²) in [6, 6.07) is 0. The highest BCUT2D eigenvalue weighted by atomic mass is 16.1. The van der Waals surface area contributed by atoms with Crippen molar-refractivity contribution in [2.75, 3.05) is 0 Å². The highest BCUT2D eigenvalue weighted by Gasteiger charge is 2.17. The van der Waals surface area contributed by atoms with Crippen molar-refractivity contribution in [1.82, 2.24) is 0 Å². The van der Waals surface area contributed by atoms with Crippen LogP contribution in [0.3, 0.4) is 0 Å². The van der Waals surface area contributed by atoms with Crippen LogP contribution in [0.2, 0.25) is 0 Å². The molecule has 0 heterocycles. The maximum atomic E-state index is 11.5. The third-order valence-electron chi connectivity index (χ3n) is 2.08. The second-order valence-corrected chi connectivity index (χ2v) is 2.99. The van der Waals surface area contributed by atoms with Gasteiger partial charge in [-0.05, 0) is 18.1 Å². The fraction of sp³-hybridized carbons (Fsp3) is 0.0909. The summed E-state index contributed by atoms with van der Waals surface area (Å²) in [7, 11) is 0. The zero-order valence-electron chi connectivity index (χ0n) is 7.08. The number of hydrogen-bond donors (Lipinski definition) is 1. The van der Waals surface area contributed by atoms with Gasteiger partial charge in [0.2, 0.25) is 5.78 Å². The van der Waals surface area contributed by atoms with Crippen molar-refractivity contribution in [3.63, 3.8) is 0 Å². The van der Waals surface area contributed by atoms with E-state index in [4.69, 9.17) is 5.41 Å². The third-order valence-corrected chi connectivity index (χ3v) is 2.08. The van der Waals surface area contributed by atoms with E-state index < -0.39 is 0 Å². The molecule has 2 rings (SSSR count). The van der Waals surface area contributed by atoms with E-state index in [0.717, 1.165) is 12.0 Å². The molecular weight excluding hydrogens is 162 g/mol. The number of carbonyl (C=O) groups excluding carboxylic acids is 1. The van der Waals surface area contributed by atoms with Crippen molar-refractivity contribution < 1.29 is 4.79 Å². The first-order valence-electron chi connectivity index (χ1n) is 4.18. The summed E-state index contributed by atoms with van der Waals surface area (Å²) in [6.45, 7) is 0. The summed E-state index contributed by atoms with van der Waals surface area (Å²) < 4.78 is 0. The molecule has 0 saturated carbocycles. The Hall–Kier alpha value is -1.70. The molecule has 0 amide bonds. The molecule has 0 radical (unpaired) electrons. The van der Waals surface area contributed by atoms with Gasteiger partial charge in [0.05, 0.1) is 0 Å². The first-order valence-corrected chi connectivity index (χ1v) is 4.18. The van der Waals surface area contributed by atoms with Crippen LogP contribution in [0, 0.1) is 5.41 Å². The molecule has 0 fully saturated rings. The summed E-state index contributed by atoms with van der Waals surface area (Å²) in [6.07, 6.45) is 11.9. The Morgan fingerprint density at radius 3 is 2.69 bits per heavy atom. The zero-order chi connectivity index (χ0) is 9.26. The maximum absolute atomic E-state index is 11.5. The topological polar surface area (TPSA) is 40.9 Å². The normalized spacial score (nSPS) is 20.6. The van der Waals surface area contributed by atoms with Crippen molar-refractivity contribution in [3.05, 3.63) is 47.6 Å². The average Bonchev–Trinajstić information content (AvgIpc) is 2.36. The molecule has 64 valence electrons. The van der Waals surface area contributed by atoms with Crippen LogP contribution in [-0.2, 0) is 4.79 Å². The van der Waals surface area contributed by atoms with Gasteiger partial charge in [-0.15, -0.1) is 0 Å². The summed E-state index contributed by atoms with van der Waals surface area (Å²) in [5.74, 6) is -0.180. The SMILES string of the molecule is N=C1C=CC2=C(C=CCC=C2)C1=O. The van der Waals surface area contributed by atoms with Crippen LogP contribution in [0.4, 0.5) is 0 Å². The molecule has 2 nitrogen and oxygen atoms in total. The smallest absolute Gasteiger partial charge is 0.211 e. The van der Waals surface area contributed by atoms with Crippen LogP contribution >= 0.6 is 0 Å². The lowest BCUT2D eigenvalue weighted by Gasteiger charge is -2.08. The predicted octanol–water partition coefficient (Wildman–Crippen LogP) is 1.96. The van der Waals surface area contributed by atoms with Gasteiger partial charge in [-0.1, -0.05) is 30.4 Å². The van der Waals surface area contributed by atoms with Crippen LogP contribution in [0.5, 0.6) is 0 Å². The fourth-order valence-corrected chi connectivity index (χ4v) is 1.39. The lowest BCUT2D eigenvalue weighted by Crippen LogP contribution is -2.16. The van der Waals surface area contributed by atoms with E-state index in [0.29, 0.717) is 5.57 Å². The molecule has 1 N–H and O–H groups in total. The van der Waals surface area contributed by atoms with Crippen molar-refractivity contribution in [2.45, 2.75) is 6.42 Å². The molecule has 0 aliphatic heterocycles. The van der Waals surface area contributed by atoms with Gasteiger partial charge >= 0.3 is 0 Å². The molecule has 0 atom stereocenters. The Morgan fingerprint density at radius 1 is 1.08 bits per heavy atom. The van der Waals surface area contributed by atoms with Gasteiger partial charge in [0, 0.05) is 5.57 Å². The average molecular weight is 171 g/mol. The molecule has 2 aliphatic rings. The van der Waals surface area contributed by atoms with Gasteiger partial charge in [0.15, 0.2) is 0 Å². The first-order chi connectivity index (χ1) is 6.29. The number of Topliss-reactive ketones (excluding diaryl/α,β-unsaturated/α-hetero) is 1. The van der Waals surface area contributed by atoms with Gasteiger partial charge in [-0.3, -0.25) is 10.2 Å². The minimum absolute atomic E-state index is 0.0682. The van der Waals surface area contributed by atoms with Crippen LogP contribution < -0.4 is 0 Å². The standard InChI is InChI=1S/C11H9NO/c12-10-7-6-8-4-2-1-3-5-9(8)11(10)13/h2-7,12H,1H2. The molecule has 0 saturated heterocycles. The predicted molar refractivity (Wildman–Crippen MR) is 51.8 cm³/mol. The lowest BCUT2D eigenvalue weighted by molar-refractivity contribution is -0.109. The van der Waals surface area contributed by atoms with Gasteiger partial charge in [-0.2, -0.15) is 0 Å². The lowest BCUT2D eigenvalue weighted by atomic mass is 9.95. The summed E-state index contributed by atoms with van der Waals surface area (Å²) >= 11 is 0. The zero-order valence-corrected chi connectivity index (χ0v) is 7.08. The van der Waals surface area contributed by atoms with Crippen molar-refractivity contribution in [2.24, 2.45) is 0 Å². The Morgan fingerprint density at radius 2 is 1.85 bits per heavy atom. The molecule has 0 spiro atoms. The Balaban J connectivity index is 2.54. The molecular formula is C11H9NO. The number of ketones is 1. The van der Waals surface area contributed by atoms with Crippen molar-refractivity contribution in [3.8, 4) is 0 Å². The third kappa shape index (κ3) is 1.31. The van der Waals surface area contributed by atoms with E-state index in [1.54, 1.807) is 12.2 Å². The number of carbonyl (C=O) groups is 1. The monoisotopic (exact) mass is 171 g/mol. The second-order valence-electron chi connectivity index (χ2n) is 2.99. The van der Waals surface area contributed by atoms with E-state index in [1.807, 2.05) is 24.3 Å². The van der Waals surface area contributed by atoms with E-state index >= 15 is 0 Å². The molecule has 13 heavy (non-hydrogen) atoms. The van der Waals surface area contributed by atoms with Crippen LogP contribution in [0.25, 0.3) is 0 Å². The number of nitrogens with one attached hydrogen (secondary N) is 1. The number of hydrogen-bond acceptors (Lipinski definition) is 2. The minimum atomic E-state index is -0.180. The molecule has 2 aliphatic carbocycles. The quantitative estimate of drug-likeness (QED) is 0.556. The minimum Gasteiger partial charge on any atom is -0.297 e. The number of rotatable bonds is 0. The van der Waals surface area contributed by atoms with Crippen LogP contribution in [0.1, 0.15) is 6.42 Å². The largest absolute Gasteiger partial charge is 0.297 e. The van der Waals surface area contributed by atoms with E-state index in [2.05, 4.69) is 0 Å². The molecule has 0 aromatic rings. The summed E-state index contributed by atoms with van der Waals surface area (Å²) in [5, 5.41) is 7.36. The molecule has 0 aromatic heterocycles. The van der Waals surface area contributed by atoms with Crippen LogP contribution in [0.15, 0.2) is 47.6 Å². The van der Waals surface area contributed by atoms with Gasteiger partial charge in [-0.25, -0.2) is 0 Å². The van der Waals surface area contributed by atoms with E-state index in [-0.39, 0.29) is 11.5 Å². The van der Waals surface area contributed by atoms with Crippen molar-refractivity contribution >= 4 is 11.5 Å². The van der Waals surface area contributed by atoms with E-state index in [1.165, 1.54) is 0 Å². The number of allylic oxidation sites excluding steroid dienone is 8. The van der Waals surface area contributed by atoms with Gasteiger partial charge < -0.3 is 0 Å². The van der Waals surface area contributed by atoms with Crippen molar-refractivity contribution in [1.29, 1.82) is 5.41 Å². The van der Waals surface area contributed by atoms with Crippen LogP contribution in [-0.4, -0.2) is 11.5 Å². The second kappa shape index (κ2) is 2.98. The molecule has 0 aromatic carbocycles. The highest BCUT2D eigenvalue weighted by molar-refractivity contribution is 6.50. The highest BCUT2D eigenvalue weighted by Crippen LogP contribution is 2.19. The fourth-order valence-electron chi connectivity index (χ4n) is 1.39. The summed E-state index contributed by atoms with van der Waals surface area (Å²) in [5.41, 5.74) is 1.62. The van der Waals surface area contributed by atoms with Gasteiger partial charge in [0.1, 0.15) is 5.71 Å². The Bertz CT molecular complexity index is 394. The Labute approximate surface area is 76.5 Å².